The lowest BCUT2D eigenvalue weighted by molar-refractivity contribution is -0.137. The summed E-state index contributed by atoms with van der Waals surface area (Å²) in [6.45, 7) is 2.58. The molecule has 6 nitrogen and oxygen atoms in total. The molecule has 1 fully saturated rings. The second-order valence-corrected chi connectivity index (χ2v) is 7.23. The van der Waals surface area contributed by atoms with Crippen molar-refractivity contribution in [2.75, 3.05) is 26.3 Å². The molecular weight excluding hydrogens is 425 g/mol. The Balaban J connectivity index is 1.37. The van der Waals surface area contributed by atoms with Crippen molar-refractivity contribution in [2.24, 2.45) is 5.16 Å². The molecule has 1 heterocycles. The van der Waals surface area contributed by atoms with Crippen LogP contribution in [0.15, 0.2) is 53.7 Å². The van der Waals surface area contributed by atoms with Crippen molar-refractivity contribution in [3.8, 4) is 5.75 Å². The fourth-order valence-electron chi connectivity index (χ4n) is 3.13. The first-order chi connectivity index (χ1) is 15.5. The molecule has 2 aromatic rings. The van der Waals surface area contributed by atoms with Crippen LogP contribution in [0.25, 0.3) is 0 Å². The minimum Gasteiger partial charge on any atom is -0.468 e. The van der Waals surface area contributed by atoms with Crippen molar-refractivity contribution >= 4 is 12.5 Å². The minimum atomic E-state index is -4.35. The van der Waals surface area contributed by atoms with Gasteiger partial charge in [0.15, 0.2) is 6.29 Å². The number of ether oxygens (including phenoxy) is 2. The number of oxime groups is 1. The third-order valence-electron chi connectivity index (χ3n) is 4.93. The van der Waals surface area contributed by atoms with E-state index in [0.717, 1.165) is 30.4 Å². The zero-order chi connectivity index (χ0) is 22.8. The van der Waals surface area contributed by atoms with Gasteiger partial charge in [0.1, 0.15) is 12.4 Å². The smallest absolute Gasteiger partial charge is 0.416 e. The lowest BCUT2D eigenvalue weighted by atomic mass is 10.1. The van der Waals surface area contributed by atoms with Crippen LogP contribution in [0, 0.1) is 0 Å². The minimum absolute atomic E-state index is 0.0989. The monoisotopic (exact) mass is 450 g/mol. The third kappa shape index (κ3) is 7.35. The number of hydrogen-bond acceptors (Lipinski definition) is 6. The van der Waals surface area contributed by atoms with Crippen LogP contribution in [0.1, 0.15) is 23.1 Å². The molecule has 0 saturated carbocycles. The predicted octanol–water partition coefficient (Wildman–Crippen LogP) is 4.08. The SMILES string of the molecule is O=CC(Oc1ccc(CCC=NOCc2ccc(C(F)(F)F)cc2)cc1)N1CCOCC1. The molecule has 0 bridgehead atoms. The van der Waals surface area contributed by atoms with E-state index in [0.29, 0.717) is 44.0 Å². The van der Waals surface area contributed by atoms with Gasteiger partial charge < -0.3 is 14.3 Å². The molecule has 1 atom stereocenters. The first-order valence-corrected chi connectivity index (χ1v) is 10.3. The number of aldehydes is 1. The normalized spacial score (nSPS) is 16.1. The van der Waals surface area contributed by atoms with Gasteiger partial charge in [0, 0.05) is 19.3 Å². The summed E-state index contributed by atoms with van der Waals surface area (Å²) in [5.74, 6) is 0.617. The summed E-state index contributed by atoms with van der Waals surface area (Å²) in [6, 6.07) is 12.3. The lowest BCUT2D eigenvalue weighted by Crippen LogP contribution is -2.47. The average Bonchev–Trinajstić information content (AvgIpc) is 2.81. The summed E-state index contributed by atoms with van der Waals surface area (Å²) in [5, 5.41) is 3.85. The molecule has 0 aromatic heterocycles. The Morgan fingerprint density at radius 1 is 1.03 bits per heavy atom. The molecule has 0 radical (unpaired) electrons. The second kappa shape index (κ2) is 11.6. The van der Waals surface area contributed by atoms with Crippen LogP contribution in [0.2, 0.25) is 0 Å². The second-order valence-electron chi connectivity index (χ2n) is 7.23. The number of rotatable bonds is 10. The van der Waals surface area contributed by atoms with Crippen molar-refractivity contribution in [1.29, 1.82) is 0 Å². The van der Waals surface area contributed by atoms with E-state index in [9.17, 15) is 18.0 Å². The summed E-state index contributed by atoms with van der Waals surface area (Å²) in [4.78, 5) is 18.4. The summed E-state index contributed by atoms with van der Waals surface area (Å²) in [6.07, 6.45) is -1.19. The lowest BCUT2D eigenvalue weighted by Gasteiger charge is -2.31. The Labute approximate surface area is 184 Å². The van der Waals surface area contributed by atoms with Crippen LogP contribution in [0.4, 0.5) is 13.2 Å². The number of benzene rings is 2. The summed E-state index contributed by atoms with van der Waals surface area (Å²) >= 11 is 0. The first kappa shape index (κ1) is 23.7. The van der Waals surface area contributed by atoms with Crippen LogP contribution in [-0.2, 0) is 33.6 Å². The standard InChI is InChI=1S/C23H25F3N2O4/c24-23(25,26)20-7-3-19(4-8-20)17-31-27-11-1-2-18-5-9-21(10-6-18)32-22(16-29)28-12-14-30-15-13-28/h3-11,16,22H,1-2,12-15,17H2. The fourth-order valence-corrected chi connectivity index (χ4v) is 3.13. The zero-order valence-electron chi connectivity index (χ0n) is 17.5. The summed E-state index contributed by atoms with van der Waals surface area (Å²) < 4.78 is 48.7. The number of carbonyl (C=O) groups is 1. The zero-order valence-corrected chi connectivity index (χ0v) is 17.5. The van der Waals surface area contributed by atoms with E-state index in [2.05, 4.69) is 5.16 Å². The molecule has 2 aromatic carbocycles. The maximum absolute atomic E-state index is 12.5. The summed E-state index contributed by atoms with van der Waals surface area (Å²) in [5.41, 5.74) is 0.987. The molecule has 1 unspecified atom stereocenters. The number of hydrogen-bond donors (Lipinski definition) is 0. The highest BCUT2D eigenvalue weighted by molar-refractivity contribution is 5.57. The number of morpholine rings is 1. The van der Waals surface area contributed by atoms with Crippen molar-refractivity contribution in [2.45, 2.75) is 31.9 Å². The quantitative estimate of drug-likeness (QED) is 0.310. The van der Waals surface area contributed by atoms with Gasteiger partial charge in [-0.05, 0) is 48.2 Å². The molecule has 0 amide bonds. The average molecular weight is 450 g/mol. The number of aryl methyl sites for hydroxylation is 1. The van der Waals surface area contributed by atoms with Crippen LogP contribution in [0.5, 0.6) is 5.75 Å². The van der Waals surface area contributed by atoms with Crippen LogP contribution < -0.4 is 4.74 Å². The van der Waals surface area contributed by atoms with Crippen LogP contribution in [-0.4, -0.2) is 49.9 Å². The molecular formula is C23H25F3N2O4. The van der Waals surface area contributed by atoms with E-state index in [4.69, 9.17) is 14.3 Å². The van der Waals surface area contributed by atoms with Gasteiger partial charge in [0.25, 0.3) is 0 Å². The number of halogens is 3. The molecule has 9 heteroatoms. The topological polar surface area (TPSA) is 60.4 Å². The Kier molecular flexibility index (Phi) is 8.64. The van der Waals surface area contributed by atoms with Crippen molar-refractivity contribution < 1.29 is 32.3 Å². The maximum atomic E-state index is 12.5. The predicted molar refractivity (Wildman–Crippen MR) is 112 cm³/mol. The Hall–Kier alpha value is -2.91. The highest BCUT2D eigenvalue weighted by atomic mass is 19.4. The van der Waals surface area contributed by atoms with Gasteiger partial charge in [-0.25, -0.2) is 0 Å². The van der Waals surface area contributed by atoms with E-state index >= 15 is 0 Å². The largest absolute Gasteiger partial charge is 0.468 e. The van der Waals surface area contributed by atoms with Gasteiger partial charge in [-0.2, -0.15) is 13.2 Å². The molecule has 3 rings (SSSR count). The van der Waals surface area contributed by atoms with Crippen molar-refractivity contribution in [3.63, 3.8) is 0 Å². The number of nitrogens with zero attached hydrogens (tertiary/aromatic N) is 2. The van der Waals surface area contributed by atoms with Gasteiger partial charge in [0.2, 0.25) is 6.23 Å². The molecule has 1 aliphatic heterocycles. The van der Waals surface area contributed by atoms with Gasteiger partial charge >= 0.3 is 6.18 Å². The van der Waals surface area contributed by atoms with Crippen LogP contribution >= 0.6 is 0 Å². The Morgan fingerprint density at radius 2 is 1.69 bits per heavy atom. The van der Waals surface area contributed by atoms with E-state index in [-0.39, 0.29) is 6.61 Å². The molecule has 0 spiro atoms. The highest BCUT2D eigenvalue weighted by Gasteiger charge is 2.29. The fraction of sp³-hybridized carbons (Fsp3) is 0.391. The summed E-state index contributed by atoms with van der Waals surface area (Å²) in [7, 11) is 0. The van der Waals surface area contributed by atoms with E-state index in [1.165, 1.54) is 12.1 Å². The van der Waals surface area contributed by atoms with Crippen molar-refractivity contribution in [3.05, 3.63) is 65.2 Å². The molecule has 0 aliphatic carbocycles. The van der Waals surface area contributed by atoms with Crippen molar-refractivity contribution in [1.82, 2.24) is 4.90 Å². The number of carbonyl (C=O) groups excluding carboxylic acids is 1. The maximum Gasteiger partial charge on any atom is 0.416 e. The van der Waals surface area contributed by atoms with Gasteiger partial charge in [-0.3, -0.25) is 9.69 Å². The number of alkyl halides is 3. The highest BCUT2D eigenvalue weighted by Crippen LogP contribution is 2.29. The Morgan fingerprint density at radius 3 is 2.31 bits per heavy atom. The molecule has 32 heavy (non-hydrogen) atoms. The van der Waals surface area contributed by atoms with Gasteiger partial charge in [-0.1, -0.05) is 29.4 Å². The van der Waals surface area contributed by atoms with Crippen LogP contribution in [0.3, 0.4) is 0 Å². The van der Waals surface area contributed by atoms with Gasteiger partial charge in [0.05, 0.1) is 18.8 Å². The Bertz CT molecular complexity index is 864. The molecule has 0 N–H and O–H groups in total. The van der Waals surface area contributed by atoms with E-state index < -0.39 is 18.0 Å². The van der Waals surface area contributed by atoms with E-state index in [1.807, 2.05) is 29.2 Å². The molecule has 172 valence electrons. The van der Waals surface area contributed by atoms with Gasteiger partial charge in [-0.15, -0.1) is 0 Å². The van der Waals surface area contributed by atoms with E-state index in [1.54, 1.807) is 6.21 Å². The molecule has 1 aliphatic rings. The molecule has 1 saturated heterocycles. The third-order valence-corrected chi connectivity index (χ3v) is 4.93. The first-order valence-electron chi connectivity index (χ1n) is 10.3.